The number of carbonyl (C=O) groups excluding carboxylic acids is 1. The number of rotatable bonds is 4. The summed E-state index contributed by atoms with van der Waals surface area (Å²) in [5.74, 6) is 0.181. The van der Waals surface area contributed by atoms with Crippen LogP contribution in [0.1, 0.15) is 37.7 Å². The first-order valence-electron chi connectivity index (χ1n) is 8.40. The molecule has 1 aromatic carbocycles. The van der Waals surface area contributed by atoms with Crippen LogP contribution in [-0.4, -0.2) is 35.0 Å². The molecule has 0 unspecified atom stereocenters. The van der Waals surface area contributed by atoms with E-state index in [1.54, 1.807) is 6.08 Å². The highest BCUT2D eigenvalue weighted by Gasteiger charge is 2.36. The number of carbonyl (C=O) groups is 2. The molecule has 2 aliphatic rings. The fourth-order valence-corrected chi connectivity index (χ4v) is 3.82. The van der Waals surface area contributed by atoms with Crippen LogP contribution < -0.4 is 0 Å². The SMILES string of the molecule is O=C(O)C(=Cc1ccccc1)CC(=O)N1C[C@H]2CCCC[C@H]2C1. The molecule has 1 N–H and O–H groups in total. The molecule has 0 spiro atoms. The lowest BCUT2D eigenvalue weighted by atomic mass is 9.82. The molecule has 2 fully saturated rings. The molecule has 1 aliphatic carbocycles. The van der Waals surface area contributed by atoms with E-state index in [9.17, 15) is 14.7 Å². The Morgan fingerprint density at radius 1 is 1.09 bits per heavy atom. The summed E-state index contributed by atoms with van der Waals surface area (Å²) in [4.78, 5) is 25.9. The number of likely N-dealkylation sites (tertiary alicyclic amines) is 1. The van der Waals surface area contributed by atoms with Crippen LogP contribution in [-0.2, 0) is 9.59 Å². The number of fused-ring (bicyclic) bond motifs is 1. The van der Waals surface area contributed by atoms with Crippen molar-refractivity contribution in [3.63, 3.8) is 0 Å². The number of amides is 1. The van der Waals surface area contributed by atoms with E-state index in [4.69, 9.17) is 0 Å². The number of hydrogen-bond acceptors (Lipinski definition) is 2. The van der Waals surface area contributed by atoms with E-state index in [-0.39, 0.29) is 17.9 Å². The van der Waals surface area contributed by atoms with Crippen LogP contribution in [0.4, 0.5) is 0 Å². The third-order valence-electron chi connectivity index (χ3n) is 5.09. The predicted octanol–water partition coefficient (Wildman–Crippen LogP) is 3.19. The molecule has 1 amide bonds. The highest BCUT2D eigenvalue weighted by molar-refractivity contribution is 5.98. The molecule has 0 aromatic heterocycles. The van der Waals surface area contributed by atoms with Crippen molar-refractivity contribution >= 4 is 18.0 Å². The first-order chi connectivity index (χ1) is 11.1. The largest absolute Gasteiger partial charge is 0.478 e. The maximum absolute atomic E-state index is 12.5. The summed E-state index contributed by atoms with van der Waals surface area (Å²) in [6.45, 7) is 1.61. The van der Waals surface area contributed by atoms with Gasteiger partial charge < -0.3 is 10.0 Å². The van der Waals surface area contributed by atoms with Gasteiger partial charge in [-0.15, -0.1) is 0 Å². The lowest BCUT2D eigenvalue weighted by Gasteiger charge is -2.22. The fourth-order valence-electron chi connectivity index (χ4n) is 3.82. The van der Waals surface area contributed by atoms with Crippen LogP contribution in [0.15, 0.2) is 35.9 Å². The van der Waals surface area contributed by atoms with Crippen LogP contribution in [0.2, 0.25) is 0 Å². The highest BCUT2D eigenvalue weighted by Crippen LogP contribution is 2.36. The van der Waals surface area contributed by atoms with Crippen LogP contribution >= 0.6 is 0 Å². The highest BCUT2D eigenvalue weighted by atomic mass is 16.4. The zero-order valence-electron chi connectivity index (χ0n) is 13.3. The topological polar surface area (TPSA) is 57.6 Å². The Hall–Kier alpha value is -2.10. The minimum atomic E-state index is -1.01. The second-order valence-electron chi connectivity index (χ2n) is 6.67. The Morgan fingerprint density at radius 2 is 1.70 bits per heavy atom. The van der Waals surface area contributed by atoms with Crippen molar-refractivity contribution in [2.24, 2.45) is 11.8 Å². The number of benzene rings is 1. The van der Waals surface area contributed by atoms with Crippen molar-refractivity contribution in [3.05, 3.63) is 41.5 Å². The first-order valence-corrected chi connectivity index (χ1v) is 8.40. The second-order valence-corrected chi connectivity index (χ2v) is 6.67. The van der Waals surface area contributed by atoms with Gasteiger partial charge >= 0.3 is 5.97 Å². The van der Waals surface area contributed by atoms with Crippen LogP contribution in [0.5, 0.6) is 0 Å². The van der Waals surface area contributed by atoms with Gasteiger partial charge in [0.1, 0.15) is 0 Å². The van der Waals surface area contributed by atoms with Gasteiger partial charge in [0.05, 0.1) is 6.42 Å². The van der Waals surface area contributed by atoms with E-state index in [0.29, 0.717) is 11.8 Å². The van der Waals surface area contributed by atoms with E-state index in [1.165, 1.54) is 25.7 Å². The predicted molar refractivity (Wildman–Crippen MR) is 88.7 cm³/mol. The Bertz CT molecular complexity index is 594. The normalized spacial score (nSPS) is 24.3. The van der Waals surface area contributed by atoms with Gasteiger partial charge in [-0.25, -0.2) is 4.79 Å². The molecule has 1 saturated carbocycles. The van der Waals surface area contributed by atoms with Crippen molar-refractivity contribution in [2.45, 2.75) is 32.1 Å². The maximum atomic E-state index is 12.5. The van der Waals surface area contributed by atoms with E-state index < -0.39 is 5.97 Å². The Labute approximate surface area is 136 Å². The molecular formula is C19H23NO3. The van der Waals surface area contributed by atoms with Gasteiger partial charge in [-0.05, 0) is 36.3 Å². The summed E-state index contributed by atoms with van der Waals surface area (Å²) in [5.41, 5.74) is 0.976. The van der Waals surface area contributed by atoms with Gasteiger partial charge in [0.15, 0.2) is 0 Å². The number of hydrogen-bond donors (Lipinski definition) is 1. The second kappa shape index (κ2) is 6.99. The number of carboxylic acid groups (broad SMARTS) is 1. The van der Waals surface area contributed by atoms with Gasteiger partial charge in [0.2, 0.25) is 5.91 Å². The van der Waals surface area contributed by atoms with Crippen LogP contribution in [0.3, 0.4) is 0 Å². The summed E-state index contributed by atoms with van der Waals surface area (Å²) in [6.07, 6.45) is 6.52. The third-order valence-corrected chi connectivity index (χ3v) is 5.09. The van der Waals surface area contributed by atoms with Gasteiger partial charge in [-0.3, -0.25) is 4.79 Å². The van der Waals surface area contributed by atoms with Crippen molar-refractivity contribution in [2.75, 3.05) is 13.1 Å². The van der Waals surface area contributed by atoms with Crippen molar-refractivity contribution in [3.8, 4) is 0 Å². The molecule has 1 saturated heterocycles. The van der Waals surface area contributed by atoms with Crippen molar-refractivity contribution < 1.29 is 14.7 Å². The third kappa shape index (κ3) is 3.81. The molecule has 4 nitrogen and oxygen atoms in total. The van der Waals surface area contributed by atoms with E-state index in [1.807, 2.05) is 35.2 Å². The summed E-state index contributed by atoms with van der Waals surface area (Å²) in [5, 5.41) is 9.39. The maximum Gasteiger partial charge on any atom is 0.332 e. The molecule has 1 heterocycles. The summed E-state index contributed by atoms with van der Waals surface area (Å²) in [7, 11) is 0. The lowest BCUT2D eigenvalue weighted by Crippen LogP contribution is -2.29. The molecule has 0 radical (unpaired) electrons. The average Bonchev–Trinajstić information content (AvgIpc) is 2.99. The van der Waals surface area contributed by atoms with Crippen LogP contribution in [0, 0.1) is 11.8 Å². The molecule has 1 aliphatic heterocycles. The first kappa shape index (κ1) is 15.8. The molecule has 4 heteroatoms. The average molecular weight is 313 g/mol. The zero-order chi connectivity index (χ0) is 16.2. The Balaban J connectivity index is 1.67. The lowest BCUT2D eigenvalue weighted by molar-refractivity contribution is -0.136. The molecule has 122 valence electrons. The monoisotopic (exact) mass is 313 g/mol. The van der Waals surface area contributed by atoms with E-state index >= 15 is 0 Å². The number of aliphatic carboxylic acids is 1. The van der Waals surface area contributed by atoms with Crippen molar-refractivity contribution in [1.82, 2.24) is 4.90 Å². The Kier molecular flexibility index (Phi) is 4.79. The molecule has 1 aromatic rings. The molecule has 3 rings (SSSR count). The van der Waals surface area contributed by atoms with Crippen LogP contribution in [0.25, 0.3) is 6.08 Å². The molecule has 0 bridgehead atoms. The summed E-state index contributed by atoms with van der Waals surface area (Å²) < 4.78 is 0. The molecular weight excluding hydrogens is 290 g/mol. The fraction of sp³-hybridized carbons (Fsp3) is 0.474. The zero-order valence-corrected chi connectivity index (χ0v) is 13.3. The van der Waals surface area contributed by atoms with E-state index in [0.717, 1.165) is 18.7 Å². The summed E-state index contributed by atoms with van der Waals surface area (Å²) >= 11 is 0. The summed E-state index contributed by atoms with van der Waals surface area (Å²) in [6, 6.07) is 9.29. The van der Waals surface area contributed by atoms with Gasteiger partial charge in [0.25, 0.3) is 0 Å². The Morgan fingerprint density at radius 3 is 2.26 bits per heavy atom. The van der Waals surface area contributed by atoms with Gasteiger partial charge in [-0.1, -0.05) is 43.2 Å². The van der Waals surface area contributed by atoms with Gasteiger partial charge in [0, 0.05) is 18.7 Å². The smallest absolute Gasteiger partial charge is 0.332 e. The number of nitrogens with zero attached hydrogens (tertiary/aromatic N) is 1. The molecule has 2 atom stereocenters. The number of carboxylic acids is 1. The quantitative estimate of drug-likeness (QED) is 0.869. The van der Waals surface area contributed by atoms with Gasteiger partial charge in [-0.2, -0.15) is 0 Å². The van der Waals surface area contributed by atoms with Crippen molar-refractivity contribution in [1.29, 1.82) is 0 Å². The van der Waals surface area contributed by atoms with E-state index in [2.05, 4.69) is 0 Å². The minimum Gasteiger partial charge on any atom is -0.478 e. The molecule has 23 heavy (non-hydrogen) atoms. The standard InChI is InChI=1S/C19H23NO3/c21-18(20-12-15-8-4-5-9-16(15)13-20)11-17(19(22)23)10-14-6-2-1-3-7-14/h1-3,6-7,10,15-16H,4-5,8-9,11-13H2,(H,22,23)/t15-,16+. The minimum absolute atomic E-state index is 0.0241.